The monoisotopic (exact) mass is 316 g/mol. The van der Waals surface area contributed by atoms with Crippen LogP contribution in [0.5, 0.6) is 0 Å². The molecule has 0 unspecified atom stereocenters. The first-order valence-electron chi connectivity index (χ1n) is 4.73. The zero-order valence-corrected chi connectivity index (χ0v) is 11.4. The highest BCUT2D eigenvalue weighted by Crippen LogP contribution is 2.41. The third kappa shape index (κ3) is 1.85. The van der Waals surface area contributed by atoms with E-state index in [1.54, 1.807) is 6.92 Å². The maximum Gasteiger partial charge on any atom is 0.449 e. The van der Waals surface area contributed by atoms with E-state index in [2.05, 4.69) is 4.98 Å². The number of nitrogens with zero attached hydrogens (tertiary/aromatic N) is 2. The second-order valence-electron chi connectivity index (χ2n) is 3.76. The van der Waals surface area contributed by atoms with E-state index in [0.717, 1.165) is 4.57 Å². The Bertz CT molecular complexity index is 646. The van der Waals surface area contributed by atoms with Crippen molar-refractivity contribution in [2.75, 3.05) is 0 Å². The van der Waals surface area contributed by atoms with Gasteiger partial charge in [-0.3, -0.25) is 0 Å². The second kappa shape index (κ2) is 4.18. The Labute approximate surface area is 115 Å². The van der Waals surface area contributed by atoms with Gasteiger partial charge in [-0.25, -0.2) is 4.98 Å². The SMILES string of the molecule is Cc1c(Cl)c(Cl)c2c(nc(C(F)(F)F)n2C)c1Cl. The molecule has 8 heteroatoms. The van der Waals surface area contributed by atoms with Gasteiger partial charge in [0.2, 0.25) is 5.82 Å². The molecule has 0 saturated heterocycles. The van der Waals surface area contributed by atoms with Gasteiger partial charge in [-0.05, 0) is 12.5 Å². The van der Waals surface area contributed by atoms with E-state index in [1.807, 2.05) is 0 Å². The number of imidazole rings is 1. The fourth-order valence-corrected chi connectivity index (χ4v) is 2.52. The van der Waals surface area contributed by atoms with E-state index in [1.165, 1.54) is 7.05 Å². The number of fused-ring (bicyclic) bond motifs is 1. The Morgan fingerprint density at radius 2 is 1.61 bits per heavy atom. The standard InChI is InChI=1S/C10H6Cl3F3N2/c1-3-4(11)6(13)8-7(5(3)12)17-9(18(8)2)10(14,15)16/h1-2H3. The van der Waals surface area contributed by atoms with Crippen molar-refractivity contribution in [3.63, 3.8) is 0 Å². The van der Waals surface area contributed by atoms with Gasteiger partial charge < -0.3 is 4.57 Å². The molecule has 0 spiro atoms. The van der Waals surface area contributed by atoms with Crippen LogP contribution in [0.4, 0.5) is 13.2 Å². The molecule has 1 aromatic carbocycles. The Morgan fingerprint density at radius 1 is 1.06 bits per heavy atom. The predicted molar refractivity (Wildman–Crippen MR) is 65.5 cm³/mol. The van der Waals surface area contributed by atoms with Crippen LogP contribution in [0.25, 0.3) is 11.0 Å². The summed E-state index contributed by atoms with van der Waals surface area (Å²) in [6, 6.07) is 0. The summed E-state index contributed by atoms with van der Waals surface area (Å²) in [5, 5.41) is 0.218. The molecule has 1 aromatic heterocycles. The molecule has 0 amide bonds. The highest BCUT2D eigenvalue weighted by Gasteiger charge is 2.37. The number of benzene rings is 1. The summed E-state index contributed by atoms with van der Waals surface area (Å²) in [5.41, 5.74) is 0.477. The summed E-state index contributed by atoms with van der Waals surface area (Å²) in [7, 11) is 1.21. The van der Waals surface area contributed by atoms with Crippen molar-refractivity contribution in [3.8, 4) is 0 Å². The largest absolute Gasteiger partial charge is 0.449 e. The average molecular weight is 318 g/mol. The van der Waals surface area contributed by atoms with Gasteiger partial charge in [0.1, 0.15) is 5.52 Å². The molecule has 0 saturated carbocycles. The van der Waals surface area contributed by atoms with Crippen LogP contribution < -0.4 is 0 Å². The normalized spacial score (nSPS) is 12.4. The molecule has 18 heavy (non-hydrogen) atoms. The summed E-state index contributed by atoms with van der Waals surface area (Å²) in [4.78, 5) is 3.51. The molecule has 0 aliphatic carbocycles. The molecule has 0 aliphatic heterocycles. The van der Waals surface area contributed by atoms with Crippen LogP contribution in [0.3, 0.4) is 0 Å². The quantitative estimate of drug-likeness (QED) is 0.634. The van der Waals surface area contributed by atoms with Gasteiger partial charge in [-0.15, -0.1) is 0 Å². The molecule has 2 nitrogen and oxygen atoms in total. The Morgan fingerprint density at radius 3 is 2.11 bits per heavy atom. The van der Waals surface area contributed by atoms with E-state index < -0.39 is 12.0 Å². The highest BCUT2D eigenvalue weighted by atomic mass is 35.5. The number of halogens is 6. The zero-order valence-electron chi connectivity index (χ0n) is 9.16. The first kappa shape index (κ1) is 13.8. The van der Waals surface area contributed by atoms with Crippen molar-refractivity contribution in [2.24, 2.45) is 7.05 Å². The Kier molecular flexibility index (Phi) is 3.20. The summed E-state index contributed by atoms with van der Waals surface area (Å²) in [5.74, 6) is -1.07. The van der Waals surface area contributed by atoms with Crippen molar-refractivity contribution in [1.82, 2.24) is 9.55 Å². The molecule has 2 rings (SSSR count). The first-order chi connectivity index (χ1) is 8.16. The van der Waals surface area contributed by atoms with Gasteiger partial charge in [-0.1, -0.05) is 34.8 Å². The molecular weight excluding hydrogens is 311 g/mol. The fraction of sp³-hybridized carbons (Fsp3) is 0.300. The van der Waals surface area contributed by atoms with E-state index in [9.17, 15) is 13.2 Å². The molecule has 0 atom stereocenters. The Balaban J connectivity index is 2.98. The van der Waals surface area contributed by atoms with E-state index in [4.69, 9.17) is 34.8 Å². The van der Waals surface area contributed by atoms with Crippen molar-refractivity contribution in [3.05, 3.63) is 26.5 Å². The molecule has 2 aromatic rings. The maximum absolute atomic E-state index is 12.7. The maximum atomic E-state index is 12.7. The van der Waals surface area contributed by atoms with E-state index in [0.29, 0.717) is 5.56 Å². The molecule has 0 bridgehead atoms. The number of rotatable bonds is 0. The molecule has 0 aliphatic rings. The number of hydrogen-bond acceptors (Lipinski definition) is 1. The van der Waals surface area contributed by atoms with Crippen LogP contribution in [0.2, 0.25) is 15.1 Å². The fourth-order valence-electron chi connectivity index (χ4n) is 1.70. The summed E-state index contributed by atoms with van der Waals surface area (Å²) in [6.45, 7) is 1.57. The van der Waals surface area contributed by atoms with E-state index >= 15 is 0 Å². The smallest absolute Gasteiger partial charge is 0.322 e. The van der Waals surface area contributed by atoms with Gasteiger partial charge in [0.25, 0.3) is 0 Å². The minimum Gasteiger partial charge on any atom is -0.322 e. The highest BCUT2D eigenvalue weighted by molar-refractivity contribution is 6.48. The Hall–Kier alpha value is -0.650. The van der Waals surface area contributed by atoms with Crippen LogP contribution >= 0.6 is 34.8 Å². The number of alkyl halides is 3. The molecule has 0 fully saturated rings. The zero-order chi connectivity index (χ0) is 13.8. The molecule has 0 radical (unpaired) electrons. The third-order valence-electron chi connectivity index (χ3n) is 2.62. The topological polar surface area (TPSA) is 17.8 Å². The van der Waals surface area contributed by atoms with Gasteiger partial charge in [0.05, 0.1) is 20.6 Å². The van der Waals surface area contributed by atoms with Crippen molar-refractivity contribution < 1.29 is 13.2 Å². The minimum absolute atomic E-state index is 0.00149. The molecule has 98 valence electrons. The average Bonchev–Trinajstić information content (AvgIpc) is 2.61. The van der Waals surface area contributed by atoms with Gasteiger partial charge in [0, 0.05) is 7.05 Å². The summed E-state index contributed by atoms with van der Waals surface area (Å²) in [6.07, 6.45) is -4.58. The minimum atomic E-state index is -4.58. The lowest BCUT2D eigenvalue weighted by molar-refractivity contribution is -0.146. The van der Waals surface area contributed by atoms with E-state index in [-0.39, 0.29) is 26.1 Å². The van der Waals surface area contributed by atoms with Crippen LogP contribution in [0.15, 0.2) is 0 Å². The van der Waals surface area contributed by atoms with Crippen molar-refractivity contribution in [2.45, 2.75) is 13.1 Å². The van der Waals surface area contributed by atoms with Crippen LogP contribution in [0.1, 0.15) is 11.4 Å². The van der Waals surface area contributed by atoms with Crippen molar-refractivity contribution >= 4 is 45.8 Å². The van der Waals surface area contributed by atoms with Crippen LogP contribution in [0, 0.1) is 6.92 Å². The third-order valence-corrected chi connectivity index (χ3v) is 4.02. The van der Waals surface area contributed by atoms with Crippen LogP contribution in [-0.4, -0.2) is 9.55 Å². The van der Waals surface area contributed by atoms with Crippen molar-refractivity contribution in [1.29, 1.82) is 0 Å². The summed E-state index contributed by atoms with van der Waals surface area (Å²) >= 11 is 17.8. The lowest BCUT2D eigenvalue weighted by Gasteiger charge is -2.08. The first-order valence-corrected chi connectivity index (χ1v) is 5.86. The number of aryl methyl sites for hydroxylation is 1. The van der Waals surface area contributed by atoms with Crippen LogP contribution in [-0.2, 0) is 13.2 Å². The van der Waals surface area contributed by atoms with Gasteiger partial charge >= 0.3 is 6.18 Å². The van der Waals surface area contributed by atoms with Gasteiger partial charge in [0.15, 0.2) is 0 Å². The van der Waals surface area contributed by atoms with Gasteiger partial charge in [-0.2, -0.15) is 13.2 Å². The molecule has 1 heterocycles. The second-order valence-corrected chi connectivity index (χ2v) is 4.89. The lowest BCUT2D eigenvalue weighted by atomic mass is 10.2. The summed E-state index contributed by atoms with van der Waals surface area (Å²) < 4.78 is 39.1. The molecular formula is C10H6Cl3F3N2. The lowest BCUT2D eigenvalue weighted by Crippen LogP contribution is -2.12. The predicted octanol–water partition coefficient (Wildman–Crippen LogP) is 4.86. The number of aromatic nitrogens is 2. The molecule has 0 N–H and O–H groups in total. The number of hydrogen-bond donors (Lipinski definition) is 0.